The molecule has 4 rings (SSSR count). The number of amides is 1. The zero-order valence-corrected chi connectivity index (χ0v) is 16.2. The predicted molar refractivity (Wildman–Crippen MR) is 108 cm³/mol. The number of aryl methyl sites for hydroxylation is 1. The zero-order chi connectivity index (χ0) is 19.5. The number of hydrogen-bond donors (Lipinski definition) is 1. The van der Waals surface area contributed by atoms with Gasteiger partial charge in [-0.15, -0.1) is 0 Å². The fourth-order valence-electron chi connectivity index (χ4n) is 3.46. The number of carbonyl (C=O) groups excluding carboxylic acids is 1. The van der Waals surface area contributed by atoms with Crippen molar-refractivity contribution >= 4 is 11.9 Å². The van der Waals surface area contributed by atoms with Gasteiger partial charge in [-0.05, 0) is 44.0 Å². The monoisotopic (exact) mass is 376 g/mol. The number of aromatic nitrogens is 4. The van der Waals surface area contributed by atoms with Gasteiger partial charge in [-0.2, -0.15) is 5.10 Å². The number of hydrogen-bond acceptors (Lipinski definition) is 5. The van der Waals surface area contributed by atoms with E-state index in [1.165, 1.54) is 12.8 Å². The number of H-pyrrole nitrogens is 1. The van der Waals surface area contributed by atoms with Gasteiger partial charge in [0.1, 0.15) is 0 Å². The first-order valence-corrected chi connectivity index (χ1v) is 9.55. The van der Waals surface area contributed by atoms with Crippen molar-refractivity contribution in [2.24, 2.45) is 0 Å². The van der Waals surface area contributed by atoms with Crippen LogP contribution in [0.1, 0.15) is 34.6 Å². The van der Waals surface area contributed by atoms with E-state index in [-0.39, 0.29) is 5.91 Å². The molecule has 0 radical (unpaired) electrons. The summed E-state index contributed by atoms with van der Waals surface area (Å²) in [5.74, 6) is 0.768. The van der Waals surface area contributed by atoms with Gasteiger partial charge in [-0.3, -0.25) is 9.89 Å². The van der Waals surface area contributed by atoms with Crippen molar-refractivity contribution in [2.75, 3.05) is 25.0 Å². The van der Waals surface area contributed by atoms with Crippen LogP contribution in [-0.2, 0) is 6.54 Å². The Morgan fingerprint density at radius 2 is 1.89 bits per heavy atom. The first-order valence-electron chi connectivity index (χ1n) is 9.55. The van der Waals surface area contributed by atoms with Gasteiger partial charge in [0.15, 0.2) is 0 Å². The lowest BCUT2D eigenvalue weighted by molar-refractivity contribution is 0.0783. The number of nitrogens with one attached hydrogen (secondary N) is 1. The Kier molecular flexibility index (Phi) is 5.06. The Morgan fingerprint density at radius 1 is 1.14 bits per heavy atom. The molecule has 3 heterocycles. The van der Waals surface area contributed by atoms with Crippen LogP contribution < -0.4 is 4.90 Å². The van der Waals surface area contributed by atoms with Crippen molar-refractivity contribution in [1.29, 1.82) is 0 Å². The number of benzene rings is 1. The Morgan fingerprint density at radius 3 is 2.57 bits per heavy atom. The van der Waals surface area contributed by atoms with Crippen LogP contribution in [0.15, 0.2) is 42.6 Å². The van der Waals surface area contributed by atoms with Crippen LogP contribution in [-0.4, -0.2) is 51.1 Å². The van der Waals surface area contributed by atoms with Crippen LogP contribution in [0.5, 0.6) is 0 Å². The summed E-state index contributed by atoms with van der Waals surface area (Å²) in [5.41, 5.74) is 4.37. The highest BCUT2D eigenvalue weighted by atomic mass is 16.2. The maximum atomic E-state index is 12.7. The molecule has 7 heteroatoms. The van der Waals surface area contributed by atoms with Crippen molar-refractivity contribution < 1.29 is 4.79 Å². The molecule has 1 aromatic carbocycles. The SMILES string of the molecule is Cc1cc(-c2ccc(C(=O)N(C)Cc3ccn[nH]3)cc2)nc(N2CCCC2)n1. The first-order chi connectivity index (χ1) is 13.6. The van der Waals surface area contributed by atoms with E-state index in [4.69, 9.17) is 4.98 Å². The summed E-state index contributed by atoms with van der Waals surface area (Å²) in [6.45, 7) is 4.51. The van der Waals surface area contributed by atoms with Gasteiger partial charge in [-0.1, -0.05) is 12.1 Å². The fraction of sp³-hybridized carbons (Fsp3) is 0.333. The second-order valence-corrected chi connectivity index (χ2v) is 7.21. The summed E-state index contributed by atoms with van der Waals surface area (Å²) in [4.78, 5) is 25.9. The molecule has 0 atom stereocenters. The van der Waals surface area contributed by atoms with Gasteiger partial charge in [0.25, 0.3) is 5.91 Å². The molecule has 2 aromatic heterocycles. The van der Waals surface area contributed by atoms with Crippen molar-refractivity contribution in [1.82, 2.24) is 25.1 Å². The van der Waals surface area contributed by atoms with E-state index in [1.807, 2.05) is 43.3 Å². The molecule has 1 aliphatic heterocycles. The maximum Gasteiger partial charge on any atom is 0.253 e. The highest BCUT2D eigenvalue weighted by Gasteiger charge is 2.17. The quantitative estimate of drug-likeness (QED) is 0.740. The molecule has 0 saturated carbocycles. The minimum atomic E-state index is -0.0298. The van der Waals surface area contributed by atoms with Crippen LogP contribution in [0.4, 0.5) is 5.95 Å². The molecule has 0 aliphatic carbocycles. The van der Waals surface area contributed by atoms with E-state index in [0.717, 1.165) is 41.7 Å². The number of carbonyl (C=O) groups is 1. The third-order valence-corrected chi connectivity index (χ3v) is 4.97. The van der Waals surface area contributed by atoms with Gasteiger partial charge in [-0.25, -0.2) is 9.97 Å². The predicted octanol–water partition coefficient (Wildman–Crippen LogP) is 3.05. The molecule has 1 N–H and O–H groups in total. The van der Waals surface area contributed by atoms with Crippen molar-refractivity contribution in [3.8, 4) is 11.3 Å². The number of rotatable bonds is 5. The number of aromatic amines is 1. The van der Waals surface area contributed by atoms with E-state index in [1.54, 1.807) is 18.1 Å². The third kappa shape index (κ3) is 3.88. The lowest BCUT2D eigenvalue weighted by Gasteiger charge is -2.17. The highest BCUT2D eigenvalue weighted by Crippen LogP contribution is 2.23. The van der Waals surface area contributed by atoms with Crippen LogP contribution in [0, 0.1) is 6.92 Å². The maximum absolute atomic E-state index is 12.7. The zero-order valence-electron chi connectivity index (χ0n) is 16.2. The Labute approximate surface area is 164 Å². The molecule has 1 saturated heterocycles. The molecular weight excluding hydrogens is 352 g/mol. The Hall–Kier alpha value is -3.22. The van der Waals surface area contributed by atoms with Crippen LogP contribution in [0.3, 0.4) is 0 Å². The molecule has 7 nitrogen and oxygen atoms in total. The molecule has 28 heavy (non-hydrogen) atoms. The molecule has 0 unspecified atom stereocenters. The molecular formula is C21H24N6O. The van der Waals surface area contributed by atoms with Crippen molar-refractivity contribution in [3.63, 3.8) is 0 Å². The lowest BCUT2D eigenvalue weighted by Crippen LogP contribution is -2.26. The summed E-state index contributed by atoms with van der Waals surface area (Å²) in [6, 6.07) is 11.5. The average molecular weight is 376 g/mol. The van der Waals surface area contributed by atoms with Gasteiger partial charge in [0.2, 0.25) is 5.95 Å². The van der Waals surface area contributed by atoms with Gasteiger partial charge >= 0.3 is 0 Å². The topological polar surface area (TPSA) is 78.0 Å². The van der Waals surface area contributed by atoms with E-state index < -0.39 is 0 Å². The fourth-order valence-corrected chi connectivity index (χ4v) is 3.46. The van der Waals surface area contributed by atoms with Crippen LogP contribution >= 0.6 is 0 Å². The molecule has 144 valence electrons. The van der Waals surface area contributed by atoms with Gasteiger partial charge in [0.05, 0.1) is 17.9 Å². The summed E-state index contributed by atoms with van der Waals surface area (Å²) >= 11 is 0. The first kappa shape index (κ1) is 18.2. The Bertz CT molecular complexity index is 946. The van der Waals surface area contributed by atoms with E-state index in [2.05, 4.69) is 20.1 Å². The standard InChI is InChI=1S/C21H24N6O/c1-15-13-19(24-21(23-15)27-11-3-4-12-27)16-5-7-17(8-6-16)20(28)26(2)14-18-9-10-22-25-18/h5-10,13H,3-4,11-12,14H2,1-2H3,(H,22,25). The average Bonchev–Trinajstić information content (AvgIpc) is 3.41. The highest BCUT2D eigenvalue weighted by molar-refractivity contribution is 5.94. The van der Waals surface area contributed by atoms with E-state index in [0.29, 0.717) is 12.1 Å². The Balaban J connectivity index is 1.52. The summed E-state index contributed by atoms with van der Waals surface area (Å²) < 4.78 is 0. The molecule has 0 spiro atoms. The normalized spacial score (nSPS) is 13.7. The van der Waals surface area contributed by atoms with Gasteiger partial charge in [0, 0.05) is 43.2 Å². The molecule has 1 aliphatic rings. The summed E-state index contributed by atoms with van der Waals surface area (Å²) in [5, 5.41) is 6.79. The molecule has 1 amide bonds. The minimum Gasteiger partial charge on any atom is -0.341 e. The lowest BCUT2D eigenvalue weighted by atomic mass is 10.1. The van der Waals surface area contributed by atoms with Gasteiger partial charge < -0.3 is 9.80 Å². The van der Waals surface area contributed by atoms with Crippen LogP contribution in [0.25, 0.3) is 11.3 Å². The summed E-state index contributed by atoms with van der Waals surface area (Å²) in [7, 11) is 1.78. The van der Waals surface area contributed by atoms with E-state index >= 15 is 0 Å². The summed E-state index contributed by atoms with van der Waals surface area (Å²) in [6.07, 6.45) is 4.06. The second-order valence-electron chi connectivity index (χ2n) is 7.21. The van der Waals surface area contributed by atoms with Crippen LogP contribution in [0.2, 0.25) is 0 Å². The van der Waals surface area contributed by atoms with E-state index in [9.17, 15) is 4.79 Å². The largest absolute Gasteiger partial charge is 0.341 e. The molecule has 0 bridgehead atoms. The third-order valence-electron chi connectivity index (χ3n) is 4.97. The smallest absolute Gasteiger partial charge is 0.253 e. The minimum absolute atomic E-state index is 0.0298. The molecule has 1 fully saturated rings. The number of nitrogens with zero attached hydrogens (tertiary/aromatic N) is 5. The van der Waals surface area contributed by atoms with Crippen molar-refractivity contribution in [2.45, 2.75) is 26.3 Å². The second kappa shape index (κ2) is 7.80. The van der Waals surface area contributed by atoms with Crippen molar-refractivity contribution in [3.05, 3.63) is 59.5 Å². The molecule has 3 aromatic rings. The number of anilines is 1.